The van der Waals surface area contributed by atoms with Crippen molar-refractivity contribution in [2.24, 2.45) is 0 Å². The van der Waals surface area contributed by atoms with Crippen LogP contribution in [0.4, 0.5) is 5.82 Å². The number of carbonyl (C=O) groups excluding carboxylic acids is 1. The van der Waals surface area contributed by atoms with Gasteiger partial charge in [-0.15, -0.1) is 0 Å². The number of benzene rings is 2. The van der Waals surface area contributed by atoms with E-state index in [1.54, 1.807) is 23.0 Å². The van der Waals surface area contributed by atoms with Crippen molar-refractivity contribution in [2.75, 3.05) is 5.32 Å². The number of halogens is 2. The van der Waals surface area contributed by atoms with Crippen molar-refractivity contribution in [1.82, 2.24) is 14.8 Å². The van der Waals surface area contributed by atoms with Crippen LogP contribution in [0, 0.1) is 0 Å². The van der Waals surface area contributed by atoms with Crippen LogP contribution in [0.5, 0.6) is 0 Å². The largest absolute Gasteiger partial charge is 0.305 e. The molecule has 0 fully saturated rings. The first-order valence-corrected chi connectivity index (χ1v) is 8.99. The Morgan fingerprint density at radius 1 is 1.04 bits per heavy atom. The molecule has 0 spiro atoms. The number of aromatic nitrogens is 3. The molecule has 2 aromatic heterocycles. The lowest BCUT2D eigenvalue weighted by Crippen LogP contribution is -2.17. The molecule has 0 aliphatic rings. The number of anilines is 1. The van der Waals surface area contributed by atoms with Crippen LogP contribution in [0.15, 0.2) is 66.9 Å². The summed E-state index contributed by atoms with van der Waals surface area (Å²) in [5.74, 6) is 0.189. The summed E-state index contributed by atoms with van der Waals surface area (Å²) in [6, 6.07) is 18.5. The predicted molar refractivity (Wildman–Crippen MR) is 107 cm³/mol. The Morgan fingerprint density at radius 3 is 2.67 bits per heavy atom. The van der Waals surface area contributed by atoms with Crippen molar-refractivity contribution in [3.8, 4) is 0 Å². The predicted octanol–water partition coefficient (Wildman–Crippen LogP) is 5.04. The first-order chi connectivity index (χ1) is 13.1. The molecule has 0 unspecified atom stereocenters. The van der Waals surface area contributed by atoms with Gasteiger partial charge in [-0.3, -0.25) is 4.79 Å². The molecule has 4 aromatic rings. The highest BCUT2D eigenvalue weighted by Gasteiger charge is 2.14. The van der Waals surface area contributed by atoms with Gasteiger partial charge in [0.15, 0.2) is 0 Å². The number of hydrogen-bond donors (Lipinski definition) is 1. The van der Waals surface area contributed by atoms with Gasteiger partial charge < -0.3 is 5.32 Å². The summed E-state index contributed by atoms with van der Waals surface area (Å²) in [7, 11) is 0. The molecule has 1 amide bonds. The number of nitrogens with one attached hydrogen (secondary N) is 1. The second-order valence-electron chi connectivity index (χ2n) is 5.94. The summed E-state index contributed by atoms with van der Waals surface area (Å²) in [4.78, 5) is 16.9. The molecule has 0 aliphatic heterocycles. The number of carbonyl (C=O) groups is 1. The van der Waals surface area contributed by atoms with E-state index < -0.39 is 0 Å². The van der Waals surface area contributed by atoms with Gasteiger partial charge in [0.1, 0.15) is 16.7 Å². The van der Waals surface area contributed by atoms with Gasteiger partial charge >= 0.3 is 0 Å². The monoisotopic (exact) mass is 396 g/mol. The molecule has 0 bridgehead atoms. The van der Waals surface area contributed by atoms with E-state index >= 15 is 0 Å². The molecule has 0 saturated heterocycles. The fraction of sp³-hybridized carbons (Fsp3) is 0.0500. The molecule has 1 N–H and O–H groups in total. The third-order valence-electron chi connectivity index (χ3n) is 4.16. The van der Waals surface area contributed by atoms with E-state index in [0.29, 0.717) is 22.5 Å². The minimum Gasteiger partial charge on any atom is -0.305 e. The molecular weight excluding hydrogens is 383 g/mol. The van der Waals surface area contributed by atoms with Gasteiger partial charge in [-0.05, 0) is 23.1 Å². The molecule has 2 heterocycles. The van der Waals surface area contributed by atoms with Gasteiger partial charge in [-0.2, -0.15) is 5.10 Å². The van der Waals surface area contributed by atoms with Gasteiger partial charge in [0, 0.05) is 16.5 Å². The molecule has 27 heavy (non-hydrogen) atoms. The Bertz CT molecular complexity index is 1140. The van der Waals surface area contributed by atoms with Crippen molar-refractivity contribution in [3.05, 3.63) is 88.3 Å². The van der Waals surface area contributed by atoms with Crippen molar-refractivity contribution in [2.45, 2.75) is 6.54 Å². The Hall–Kier alpha value is -2.89. The lowest BCUT2D eigenvalue weighted by atomic mass is 10.1. The van der Waals surface area contributed by atoms with Crippen LogP contribution in [0.1, 0.15) is 16.1 Å². The van der Waals surface area contributed by atoms with Gasteiger partial charge in [0.05, 0.1) is 12.7 Å². The molecule has 5 nitrogen and oxygen atoms in total. The Balaban J connectivity index is 1.59. The zero-order valence-corrected chi connectivity index (χ0v) is 15.6. The number of rotatable bonds is 4. The van der Waals surface area contributed by atoms with Crippen LogP contribution in [0.2, 0.25) is 10.2 Å². The van der Waals surface area contributed by atoms with Crippen LogP contribution in [0.25, 0.3) is 10.8 Å². The van der Waals surface area contributed by atoms with E-state index in [9.17, 15) is 4.79 Å². The quantitative estimate of drug-likeness (QED) is 0.491. The lowest BCUT2D eigenvalue weighted by molar-refractivity contribution is 0.102. The van der Waals surface area contributed by atoms with Crippen LogP contribution in [-0.2, 0) is 6.54 Å². The third-order valence-corrected chi connectivity index (χ3v) is 4.82. The average Bonchev–Trinajstić information content (AvgIpc) is 3.10. The fourth-order valence-electron chi connectivity index (χ4n) is 2.81. The standard InChI is InChI=1S/C20H14Cl2N4O/c21-16-8-4-2-6-14(16)12-26-18(9-10-23-26)25-20(27)17-11-13-5-1-3-7-15(13)19(22)24-17/h1-11H,12H2,(H,25,27). The maximum Gasteiger partial charge on any atom is 0.275 e. The van der Waals surface area contributed by atoms with Gasteiger partial charge in [0.25, 0.3) is 5.91 Å². The number of nitrogens with zero attached hydrogens (tertiary/aromatic N) is 3. The van der Waals surface area contributed by atoms with E-state index in [-0.39, 0.29) is 11.6 Å². The summed E-state index contributed by atoms with van der Waals surface area (Å²) in [5, 5.41) is 9.70. The van der Waals surface area contributed by atoms with E-state index in [0.717, 1.165) is 16.3 Å². The Labute approximate surface area is 165 Å². The zero-order valence-electron chi connectivity index (χ0n) is 14.1. The topological polar surface area (TPSA) is 59.8 Å². The fourth-order valence-corrected chi connectivity index (χ4v) is 3.26. The van der Waals surface area contributed by atoms with Crippen molar-refractivity contribution in [1.29, 1.82) is 0 Å². The average molecular weight is 397 g/mol. The second-order valence-corrected chi connectivity index (χ2v) is 6.70. The summed E-state index contributed by atoms with van der Waals surface area (Å²) in [5.41, 5.74) is 1.15. The van der Waals surface area contributed by atoms with Gasteiger partial charge in [-0.25, -0.2) is 9.67 Å². The third kappa shape index (κ3) is 3.65. The number of amides is 1. The van der Waals surface area contributed by atoms with Crippen molar-refractivity contribution < 1.29 is 4.79 Å². The van der Waals surface area contributed by atoms with Crippen LogP contribution >= 0.6 is 23.2 Å². The lowest BCUT2D eigenvalue weighted by Gasteiger charge is -2.10. The highest BCUT2D eigenvalue weighted by atomic mass is 35.5. The molecular formula is C20H14Cl2N4O. The summed E-state index contributed by atoms with van der Waals surface area (Å²) < 4.78 is 1.67. The zero-order chi connectivity index (χ0) is 18.8. The smallest absolute Gasteiger partial charge is 0.275 e. The van der Waals surface area contributed by atoms with Crippen LogP contribution in [0.3, 0.4) is 0 Å². The normalized spacial score (nSPS) is 10.9. The molecule has 7 heteroatoms. The van der Waals surface area contributed by atoms with Crippen molar-refractivity contribution >= 4 is 45.7 Å². The number of pyridine rings is 1. The second kappa shape index (κ2) is 7.39. The highest BCUT2D eigenvalue weighted by molar-refractivity contribution is 6.34. The van der Waals surface area contributed by atoms with Crippen molar-refractivity contribution in [3.63, 3.8) is 0 Å². The molecule has 4 rings (SSSR count). The molecule has 0 saturated carbocycles. The maximum absolute atomic E-state index is 12.7. The SMILES string of the molecule is O=C(Nc1ccnn1Cc1ccccc1Cl)c1cc2ccccc2c(Cl)n1. The van der Waals surface area contributed by atoms with Gasteiger partial charge in [0.2, 0.25) is 0 Å². The molecule has 134 valence electrons. The summed E-state index contributed by atoms with van der Waals surface area (Å²) in [6.45, 7) is 0.439. The Morgan fingerprint density at radius 2 is 1.81 bits per heavy atom. The summed E-state index contributed by atoms with van der Waals surface area (Å²) in [6.07, 6.45) is 1.62. The maximum atomic E-state index is 12.7. The first kappa shape index (κ1) is 17.5. The Kier molecular flexibility index (Phi) is 4.79. The van der Waals surface area contributed by atoms with E-state index in [1.807, 2.05) is 48.5 Å². The molecule has 0 atom stereocenters. The van der Waals surface area contributed by atoms with E-state index in [4.69, 9.17) is 23.2 Å². The molecule has 0 aliphatic carbocycles. The molecule has 2 aromatic carbocycles. The highest BCUT2D eigenvalue weighted by Crippen LogP contribution is 2.23. The van der Waals surface area contributed by atoms with E-state index in [1.165, 1.54) is 0 Å². The first-order valence-electron chi connectivity index (χ1n) is 8.23. The minimum absolute atomic E-state index is 0.240. The van der Waals surface area contributed by atoms with Gasteiger partial charge in [-0.1, -0.05) is 65.7 Å². The number of hydrogen-bond acceptors (Lipinski definition) is 3. The van der Waals surface area contributed by atoms with Crippen LogP contribution in [-0.4, -0.2) is 20.7 Å². The van der Waals surface area contributed by atoms with Crippen LogP contribution < -0.4 is 5.32 Å². The van der Waals surface area contributed by atoms with E-state index in [2.05, 4.69) is 15.4 Å². The molecule has 0 radical (unpaired) electrons. The minimum atomic E-state index is -0.358. The number of fused-ring (bicyclic) bond motifs is 1. The summed E-state index contributed by atoms with van der Waals surface area (Å²) >= 11 is 12.4.